The van der Waals surface area contributed by atoms with E-state index in [1.165, 1.54) is 18.2 Å². The molecule has 3 N–H and O–H groups in total. The van der Waals surface area contributed by atoms with Crippen LogP contribution in [0.25, 0.3) is 0 Å². The molecule has 0 aliphatic rings. The number of hydrogen-bond acceptors (Lipinski definition) is 4. The second-order valence-corrected chi connectivity index (χ2v) is 4.89. The maximum atomic E-state index is 12.0. The summed E-state index contributed by atoms with van der Waals surface area (Å²) in [4.78, 5) is 16.1. The van der Waals surface area contributed by atoms with Crippen LogP contribution in [0.15, 0.2) is 34.9 Å². The molecule has 0 aliphatic carbocycles. The summed E-state index contributed by atoms with van der Waals surface area (Å²) >= 11 is 3.28. The highest BCUT2D eigenvalue weighted by molar-refractivity contribution is 9.10. The minimum Gasteiger partial charge on any atom is -0.508 e. The van der Waals surface area contributed by atoms with E-state index in [1.807, 2.05) is 6.07 Å². The quantitative estimate of drug-likeness (QED) is 0.742. The fourth-order valence-electron chi connectivity index (χ4n) is 1.55. The number of rotatable bonds is 2. The van der Waals surface area contributed by atoms with E-state index < -0.39 is 5.91 Å². The number of anilines is 1. The Kier molecular flexibility index (Phi) is 3.71. The van der Waals surface area contributed by atoms with Gasteiger partial charge < -0.3 is 15.5 Å². The number of hydrogen-bond donors (Lipinski definition) is 3. The normalized spacial score (nSPS) is 10.2. The maximum absolute atomic E-state index is 12.0. The second-order valence-electron chi connectivity index (χ2n) is 3.97. The summed E-state index contributed by atoms with van der Waals surface area (Å²) in [5.74, 6) is -0.434. The van der Waals surface area contributed by atoms with Crippen molar-refractivity contribution in [1.82, 2.24) is 4.98 Å². The van der Waals surface area contributed by atoms with Gasteiger partial charge in [0.15, 0.2) is 0 Å². The lowest BCUT2D eigenvalue weighted by atomic mass is 10.1. The van der Waals surface area contributed by atoms with Crippen LogP contribution in [0.4, 0.5) is 5.82 Å². The zero-order valence-electron chi connectivity index (χ0n) is 10.0. The van der Waals surface area contributed by atoms with Gasteiger partial charge in [0.05, 0.1) is 5.56 Å². The SMILES string of the molecule is Cc1cc(Br)cnc1NC(=O)c1cc(O)ccc1O. The summed E-state index contributed by atoms with van der Waals surface area (Å²) in [6, 6.07) is 5.56. The van der Waals surface area contributed by atoms with E-state index in [4.69, 9.17) is 0 Å². The maximum Gasteiger partial charge on any atom is 0.260 e. The number of nitrogens with one attached hydrogen (secondary N) is 1. The summed E-state index contributed by atoms with van der Waals surface area (Å²) in [5, 5.41) is 21.5. The number of pyridine rings is 1. The molecular formula is C13H11BrN2O3. The number of benzene rings is 1. The van der Waals surface area contributed by atoms with Crippen LogP contribution >= 0.6 is 15.9 Å². The number of nitrogens with zero attached hydrogens (tertiary/aromatic N) is 1. The number of carbonyl (C=O) groups excluding carboxylic acids is 1. The Bertz CT molecular complexity index is 644. The lowest BCUT2D eigenvalue weighted by Gasteiger charge is -2.09. The molecule has 98 valence electrons. The van der Waals surface area contributed by atoms with Gasteiger partial charge in [0.1, 0.15) is 17.3 Å². The molecule has 0 fully saturated rings. The smallest absolute Gasteiger partial charge is 0.260 e. The third-order valence-corrected chi connectivity index (χ3v) is 2.94. The number of halogens is 1. The predicted octanol–water partition coefficient (Wildman–Crippen LogP) is 2.82. The topological polar surface area (TPSA) is 82.5 Å². The van der Waals surface area contributed by atoms with Crippen LogP contribution in [-0.4, -0.2) is 21.1 Å². The molecular weight excluding hydrogens is 312 g/mol. The van der Waals surface area contributed by atoms with E-state index in [-0.39, 0.29) is 17.1 Å². The first-order valence-corrected chi connectivity index (χ1v) is 6.22. The largest absolute Gasteiger partial charge is 0.508 e. The van der Waals surface area contributed by atoms with Gasteiger partial charge in [0.2, 0.25) is 0 Å². The van der Waals surface area contributed by atoms with E-state index in [1.54, 1.807) is 13.1 Å². The first-order valence-electron chi connectivity index (χ1n) is 5.43. The van der Waals surface area contributed by atoms with Crippen LogP contribution in [0.2, 0.25) is 0 Å². The molecule has 2 rings (SSSR count). The average Bonchev–Trinajstić information content (AvgIpc) is 2.35. The number of aromatic hydroxyl groups is 2. The number of carbonyl (C=O) groups is 1. The average molecular weight is 323 g/mol. The number of amides is 1. The van der Waals surface area contributed by atoms with Crippen LogP contribution in [0, 0.1) is 6.92 Å². The van der Waals surface area contributed by atoms with Gasteiger partial charge in [-0.25, -0.2) is 4.98 Å². The summed E-state index contributed by atoms with van der Waals surface area (Å²) in [7, 11) is 0. The molecule has 0 bridgehead atoms. The summed E-state index contributed by atoms with van der Waals surface area (Å²) in [5.41, 5.74) is 0.770. The molecule has 0 spiro atoms. The summed E-state index contributed by atoms with van der Waals surface area (Å²) < 4.78 is 0.809. The Morgan fingerprint density at radius 2 is 2.05 bits per heavy atom. The van der Waals surface area contributed by atoms with Gasteiger partial charge in [-0.3, -0.25) is 4.79 Å². The standard InChI is InChI=1S/C13H11BrN2O3/c1-7-4-8(14)6-15-12(7)16-13(19)10-5-9(17)2-3-11(10)18/h2-6,17-18H,1H3,(H,15,16,19). The highest BCUT2D eigenvalue weighted by Crippen LogP contribution is 2.24. The van der Waals surface area contributed by atoms with Crippen LogP contribution in [0.3, 0.4) is 0 Å². The van der Waals surface area contributed by atoms with Gasteiger partial charge >= 0.3 is 0 Å². The van der Waals surface area contributed by atoms with Crippen molar-refractivity contribution in [1.29, 1.82) is 0 Å². The first kappa shape index (κ1) is 13.4. The Morgan fingerprint density at radius 1 is 1.32 bits per heavy atom. The minimum absolute atomic E-state index is 0.0101. The molecule has 2 aromatic rings. The number of aromatic nitrogens is 1. The molecule has 1 aromatic carbocycles. The monoisotopic (exact) mass is 322 g/mol. The Balaban J connectivity index is 2.28. The van der Waals surface area contributed by atoms with Crippen molar-refractivity contribution in [2.24, 2.45) is 0 Å². The molecule has 0 atom stereocenters. The van der Waals surface area contributed by atoms with Crippen LogP contribution in [-0.2, 0) is 0 Å². The lowest BCUT2D eigenvalue weighted by molar-refractivity contribution is 0.102. The highest BCUT2D eigenvalue weighted by atomic mass is 79.9. The highest BCUT2D eigenvalue weighted by Gasteiger charge is 2.13. The van der Waals surface area contributed by atoms with E-state index in [0.717, 1.165) is 10.0 Å². The van der Waals surface area contributed by atoms with Gasteiger partial charge in [-0.15, -0.1) is 0 Å². The summed E-state index contributed by atoms with van der Waals surface area (Å²) in [6.45, 7) is 1.80. The van der Waals surface area contributed by atoms with Crippen LogP contribution in [0.1, 0.15) is 15.9 Å². The minimum atomic E-state index is -0.536. The van der Waals surface area contributed by atoms with Gasteiger partial charge in [0, 0.05) is 10.7 Å². The van der Waals surface area contributed by atoms with Crippen molar-refractivity contribution in [2.45, 2.75) is 6.92 Å². The van der Waals surface area contributed by atoms with Crippen molar-refractivity contribution in [3.05, 3.63) is 46.1 Å². The van der Waals surface area contributed by atoms with E-state index in [2.05, 4.69) is 26.2 Å². The van der Waals surface area contributed by atoms with Gasteiger partial charge in [-0.05, 0) is 52.7 Å². The zero-order valence-corrected chi connectivity index (χ0v) is 11.6. The second kappa shape index (κ2) is 5.27. The predicted molar refractivity (Wildman–Crippen MR) is 74.4 cm³/mol. The molecule has 0 unspecified atom stereocenters. The fraction of sp³-hybridized carbons (Fsp3) is 0.0769. The van der Waals surface area contributed by atoms with Crippen molar-refractivity contribution in [3.8, 4) is 11.5 Å². The molecule has 6 heteroatoms. The lowest BCUT2D eigenvalue weighted by Crippen LogP contribution is -2.14. The molecule has 19 heavy (non-hydrogen) atoms. The molecule has 1 heterocycles. The number of phenolic OH excluding ortho intramolecular Hbond substituents is 2. The summed E-state index contributed by atoms with van der Waals surface area (Å²) in [6.07, 6.45) is 1.56. The van der Waals surface area contributed by atoms with Crippen molar-refractivity contribution < 1.29 is 15.0 Å². The zero-order chi connectivity index (χ0) is 14.0. The van der Waals surface area contributed by atoms with E-state index in [0.29, 0.717) is 5.82 Å². The molecule has 0 aliphatic heterocycles. The van der Waals surface area contributed by atoms with E-state index >= 15 is 0 Å². The molecule has 0 saturated carbocycles. The molecule has 1 amide bonds. The van der Waals surface area contributed by atoms with Crippen molar-refractivity contribution in [2.75, 3.05) is 5.32 Å². The number of phenols is 2. The molecule has 0 radical (unpaired) electrons. The third kappa shape index (κ3) is 3.03. The van der Waals surface area contributed by atoms with Gasteiger partial charge in [-0.2, -0.15) is 0 Å². The van der Waals surface area contributed by atoms with Crippen molar-refractivity contribution >= 4 is 27.7 Å². The number of aryl methyl sites for hydroxylation is 1. The van der Waals surface area contributed by atoms with Crippen LogP contribution in [0.5, 0.6) is 11.5 Å². The molecule has 1 aromatic heterocycles. The third-order valence-electron chi connectivity index (χ3n) is 2.50. The molecule has 5 nitrogen and oxygen atoms in total. The Labute approximate surface area is 118 Å². The Hall–Kier alpha value is -2.08. The fourth-order valence-corrected chi connectivity index (χ4v) is 2.00. The van der Waals surface area contributed by atoms with Crippen LogP contribution < -0.4 is 5.32 Å². The molecule has 0 saturated heterocycles. The van der Waals surface area contributed by atoms with Gasteiger partial charge in [0.25, 0.3) is 5.91 Å². The van der Waals surface area contributed by atoms with E-state index in [9.17, 15) is 15.0 Å². The van der Waals surface area contributed by atoms with Crippen molar-refractivity contribution in [3.63, 3.8) is 0 Å². The first-order chi connectivity index (χ1) is 8.97. The Morgan fingerprint density at radius 3 is 2.74 bits per heavy atom. The van der Waals surface area contributed by atoms with Gasteiger partial charge in [-0.1, -0.05) is 0 Å².